The Balaban J connectivity index is 2.08. The van der Waals surface area contributed by atoms with Crippen LogP contribution >= 0.6 is 11.8 Å². The van der Waals surface area contributed by atoms with Gasteiger partial charge < -0.3 is 10.2 Å². The summed E-state index contributed by atoms with van der Waals surface area (Å²) in [6.07, 6.45) is 0.798. The lowest BCUT2D eigenvalue weighted by Crippen LogP contribution is -2.50. The molecule has 0 unspecified atom stereocenters. The molecule has 0 bridgehead atoms. The first kappa shape index (κ1) is 23.9. The summed E-state index contributed by atoms with van der Waals surface area (Å²) in [7, 11) is 0. The molecule has 1 N–H and O–H groups in total. The van der Waals surface area contributed by atoms with Gasteiger partial charge in [0, 0.05) is 23.9 Å². The quantitative estimate of drug-likeness (QED) is 0.594. The zero-order chi connectivity index (χ0) is 22.1. The second-order valence-corrected chi connectivity index (χ2v) is 8.57. The van der Waals surface area contributed by atoms with Gasteiger partial charge in [-0.15, -0.1) is 11.8 Å². The maximum Gasteiger partial charge on any atom is 0.242 e. The Hall–Kier alpha value is -2.34. The molecule has 2 aromatic rings. The van der Waals surface area contributed by atoms with Crippen LogP contribution in [0.3, 0.4) is 0 Å². The molecule has 0 fully saturated rings. The van der Waals surface area contributed by atoms with Crippen molar-refractivity contribution in [3.8, 4) is 0 Å². The van der Waals surface area contributed by atoms with E-state index in [0.717, 1.165) is 12.0 Å². The summed E-state index contributed by atoms with van der Waals surface area (Å²) in [5.41, 5.74) is 2.73. The van der Waals surface area contributed by atoms with Crippen LogP contribution in [0.5, 0.6) is 0 Å². The highest BCUT2D eigenvalue weighted by Crippen LogP contribution is 2.17. The molecule has 2 atom stereocenters. The monoisotopic (exact) mass is 430 g/mol. The summed E-state index contributed by atoms with van der Waals surface area (Å²) in [6.45, 7) is 7.70. The molecule has 4 nitrogen and oxygen atoms in total. The number of hydrogen-bond donors (Lipinski definition) is 1. The number of halogens is 1. The molecule has 0 aliphatic carbocycles. The lowest BCUT2D eigenvalue weighted by molar-refractivity contribution is -0.139. The van der Waals surface area contributed by atoms with Crippen LogP contribution in [0.1, 0.15) is 43.9 Å². The summed E-state index contributed by atoms with van der Waals surface area (Å²) < 4.78 is 14.2. The fourth-order valence-electron chi connectivity index (χ4n) is 2.88. The van der Waals surface area contributed by atoms with Crippen molar-refractivity contribution < 1.29 is 14.0 Å². The molecule has 0 aliphatic rings. The number of aryl methyl sites for hydroxylation is 1. The average Bonchev–Trinajstić information content (AvgIpc) is 2.73. The number of rotatable bonds is 10. The van der Waals surface area contributed by atoms with Gasteiger partial charge in [-0.25, -0.2) is 4.39 Å². The van der Waals surface area contributed by atoms with Crippen LogP contribution in [0.2, 0.25) is 0 Å². The number of nitrogens with one attached hydrogen (secondary N) is 1. The molecule has 6 heteroatoms. The van der Waals surface area contributed by atoms with E-state index in [1.165, 1.54) is 28.3 Å². The van der Waals surface area contributed by atoms with Crippen molar-refractivity contribution in [2.24, 2.45) is 0 Å². The Bertz CT molecular complexity index is 841. The van der Waals surface area contributed by atoms with Crippen LogP contribution in [0.25, 0.3) is 0 Å². The van der Waals surface area contributed by atoms with E-state index in [0.29, 0.717) is 11.3 Å². The van der Waals surface area contributed by atoms with Crippen molar-refractivity contribution in [1.82, 2.24) is 10.2 Å². The predicted molar refractivity (Wildman–Crippen MR) is 122 cm³/mol. The standard InChI is InChI=1S/C24H31FN2O2S/c1-5-18(3)26-24(29)19(4)27(14-21-8-6-7-9-22(21)25)23(28)16-30-15-20-12-10-17(2)11-13-20/h6-13,18-19H,5,14-16H2,1-4H3,(H,26,29)/t18-,19-/m0/s1. The van der Waals surface area contributed by atoms with Crippen molar-refractivity contribution >= 4 is 23.6 Å². The van der Waals surface area contributed by atoms with Gasteiger partial charge in [-0.05, 0) is 38.8 Å². The van der Waals surface area contributed by atoms with E-state index >= 15 is 0 Å². The van der Waals surface area contributed by atoms with Crippen LogP contribution in [0.4, 0.5) is 4.39 Å². The lowest BCUT2D eigenvalue weighted by Gasteiger charge is -2.29. The molecule has 0 spiro atoms. The second kappa shape index (κ2) is 11.7. The molecule has 2 rings (SSSR count). The molecule has 0 aliphatic heterocycles. The van der Waals surface area contributed by atoms with Crippen molar-refractivity contribution in [2.45, 2.75) is 58.5 Å². The fraction of sp³-hybridized carbons (Fsp3) is 0.417. The van der Waals surface area contributed by atoms with E-state index in [2.05, 4.69) is 5.32 Å². The van der Waals surface area contributed by atoms with Gasteiger partial charge in [-0.1, -0.05) is 55.0 Å². The van der Waals surface area contributed by atoms with E-state index in [1.54, 1.807) is 25.1 Å². The van der Waals surface area contributed by atoms with Crippen LogP contribution in [0, 0.1) is 12.7 Å². The molecule has 0 heterocycles. The zero-order valence-electron chi connectivity index (χ0n) is 18.2. The summed E-state index contributed by atoms with van der Waals surface area (Å²) >= 11 is 1.49. The molecular formula is C24H31FN2O2S. The van der Waals surface area contributed by atoms with Crippen LogP contribution in [-0.4, -0.2) is 34.6 Å². The Morgan fingerprint density at radius 1 is 1.10 bits per heavy atom. The summed E-state index contributed by atoms with van der Waals surface area (Å²) in [6, 6.07) is 13.9. The minimum absolute atomic E-state index is 0.0151. The first-order valence-corrected chi connectivity index (χ1v) is 11.4. The molecular weight excluding hydrogens is 399 g/mol. The molecule has 2 amide bonds. The average molecular weight is 431 g/mol. The Kier molecular flexibility index (Phi) is 9.37. The molecule has 0 radical (unpaired) electrons. The Labute approximate surface area is 183 Å². The highest BCUT2D eigenvalue weighted by Gasteiger charge is 2.27. The number of amides is 2. The highest BCUT2D eigenvalue weighted by atomic mass is 32.2. The van der Waals surface area contributed by atoms with Crippen LogP contribution in [-0.2, 0) is 21.9 Å². The number of nitrogens with zero attached hydrogens (tertiary/aromatic N) is 1. The molecule has 2 aromatic carbocycles. The molecule has 30 heavy (non-hydrogen) atoms. The normalized spacial score (nSPS) is 12.8. The van der Waals surface area contributed by atoms with Gasteiger partial charge in [0.2, 0.25) is 11.8 Å². The minimum Gasteiger partial charge on any atom is -0.352 e. The lowest BCUT2D eigenvalue weighted by atomic mass is 10.1. The first-order chi connectivity index (χ1) is 14.3. The van der Waals surface area contributed by atoms with E-state index in [4.69, 9.17) is 0 Å². The van der Waals surface area contributed by atoms with Gasteiger partial charge in [0.15, 0.2) is 0 Å². The van der Waals surface area contributed by atoms with Gasteiger partial charge in [0.1, 0.15) is 11.9 Å². The largest absolute Gasteiger partial charge is 0.352 e. The molecule has 0 aromatic heterocycles. The topological polar surface area (TPSA) is 49.4 Å². The number of benzene rings is 2. The van der Waals surface area contributed by atoms with Gasteiger partial charge in [-0.2, -0.15) is 0 Å². The minimum atomic E-state index is -0.689. The third-order valence-electron chi connectivity index (χ3n) is 5.08. The van der Waals surface area contributed by atoms with Gasteiger partial charge >= 0.3 is 0 Å². The number of carbonyl (C=O) groups excluding carboxylic acids is 2. The van der Waals surface area contributed by atoms with E-state index in [1.807, 2.05) is 45.0 Å². The van der Waals surface area contributed by atoms with Gasteiger partial charge in [0.25, 0.3) is 0 Å². The van der Waals surface area contributed by atoms with Gasteiger partial charge in [-0.3, -0.25) is 9.59 Å². The molecule has 162 valence electrons. The van der Waals surface area contributed by atoms with Crippen LogP contribution in [0.15, 0.2) is 48.5 Å². The van der Waals surface area contributed by atoms with E-state index < -0.39 is 6.04 Å². The molecule has 0 saturated carbocycles. The van der Waals surface area contributed by atoms with Crippen molar-refractivity contribution in [2.75, 3.05) is 5.75 Å². The number of carbonyl (C=O) groups is 2. The summed E-state index contributed by atoms with van der Waals surface area (Å²) in [5, 5.41) is 2.92. The number of thioether (sulfide) groups is 1. The Morgan fingerprint density at radius 3 is 2.40 bits per heavy atom. The second-order valence-electron chi connectivity index (χ2n) is 7.59. The zero-order valence-corrected chi connectivity index (χ0v) is 19.0. The van der Waals surface area contributed by atoms with Crippen molar-refractivity contribution in [3.63, 3.8) is 0 Å². The maximum absolute atomic E-state index is 14.2. The SMILES string of the molecule is CC[C@H](C)NC(=O)[C@H](C)N(Cc1ccccc1F)C(=O)CSCc1ccc(C)cc1. The highest BCUT2D eigenvalue weighted by molar-refractivity contribution is 7.99. The van der Waals surface area contributed by atoms with Gasteiger partial charge in [0.05, 0.1) is 5.75 Å². The summed E-state index contributed by atoms with van der Waals surface area (Å²) in [5.74, 6) is 0.146. The Morgan fingerprint density at radius 2 is 1.77 bits per heavy atom. The van der Waals surface area contributed by atoms with Crippen LogP contribution < -0.4 is 5.32 Å². The van der Waals surface area contributed by atoms with E-state index in [9.17, 15) is 14.0 Å². The smallest absolute Gasteiger partial charge is 0.242 e. The van der Waals surface area contributed by atoms with Crippen molar-refractivity contribution in [1.29, 1.82) is 0 Å². The number of hydrogen-bond acceptors (Lipinski definition) is 3. The maximum atomic E-state index is 14.2. The summed E-state index contributed by atoms with van der Waals surface area (Å²) in [4.78, 5) is 27.1. The predicted octanol–water partition coefficient (Wildman–Crippen LogP) is 4.70. The molecule has 0 saturated heterocycles. The third kappa shape index (κ3) is 7.17. The van der Waals surface area contributed by atoms with Crippen molar-refractivity contribution in [3.05, 3.63) is 71.0 Å². The fourth-order valence-corrected chi connectivity index (χ4v) is 3.75. The van der Waals surface area contributed by atoms with E-state index in [-0.39, 0.29) is 36.0 Å². The first-order valence-electron chi connectivity index (χ1n) is 10.3. The third-order valence-corrected chi connectivity index (χ3v) is 6.07.